The zero-order valence-corrected chi connectivity index (χ0v) is 14.7. The smallest absolute Gasteiger partial charge is 0.344 e. The van der Waals surface area contributed by atoms with Crippen LogP contribution in [-0.2, 0) is 11.3 Å². The van der Waals surface area contributed by atoms with Crippen LogP contribution in [-0.4, -0.2) is 12.5 Å². The Morgan fingerprint density at radius 3 is 2.59 bits per heavy atom. The Hall–Kier alpha value is -3.54. The first-order valence-electron chi connectivity index (χ1n) is 8.50. The maximum absolute atomic E-state index is 12.1. The van der Waals surface area contributed by atoms with Crippen molar-refractivity contribution in [1.82, 2.24) is 5.32 Å². The number of furan rings is 1. The molecule has 0 spiro atoms. The van der Waals surface area contributed by atoms with E-state index in [4.69, 9.17) is 13.6 Å². The van der Waals surface area contributed by atoms with Gasteiger partial charge >= 0.3 is 5.63 Å². The van der Waals surface area contributed by atoms with E-state index in [2.05, 4.69) is 5.32 Å². The molecule has 1 amide bonds. The van der Waals surface area contributed by atoms with Crippen LogP contribution in [0.4, 0.5) is 0 Å². The predicted molar refractivity (Wildman–Crippen MR) is 101 cm³/mol. The van der Waals surface area contributed by atoms with Gasteiger partial charge in [-0.2, -0.15) is 0 Å². The Bertz CT molecular complexity index is 1190. The first kappa shape index (κ1) is 16.9. The molecule has 0 atom stereocenters. The summed E-state index contributed by atoms with van der Waals surface area (Å²) in [6, 6.07) is 16.1. The number of amides is 1. The normalized spacial score (nSPS) is 11.0. The molecule has 6 nitrogen and oxygen atoms in total. The summed E-state index contributed by atoms with van der Waals surface area (Å²) in [5.74, 6) is 1.65. The van der Waals surface area contributed by atoms with Crippen LogP contribution in [0.15, 0.2) is 68.2 Å². The fraction of sp³-hybridized carbons (Fsp3) is 0.143. The Labute approximate surface area is 154 Å². The minimum absolute atomic E-state index is 0.150. The van der Waals surface area contributed by atoms with Crippen molar-refractivity contribution in [2.75, 3.05) is 6.61 Å². The molecule has 0 aliphatic rings. The van der Waals surface area contributed by atoms with Gasteiger partial charge in [-0.3, -0.25) is 4.79 Å². The number of aryl methyl sites for hydroxylation is 1. The minimum Gasteiger partial charge on any atom is -0.484 e. The topological polar surface area (TPSA) is 81.7 Å². The zero-order chi connectivity index (χ0) is 18.8. The maximum atomic E-state index is 12.1. The molecule has 0 aliphatic carbocycles. The van der Waals surface area contributed by atoms with Crippen molar-refractivity contribution in [2.45, 2.75) is 13.5 Å². The second-order valence-corrected chi connectivity index (χ2v) is 6.17. The Balaban J connectivity index is 1.47. The van der Waals surface area contributed by atoms with Gasteiger partial charge in [-0.1, -0.05) is 18.2 Å². The molecule has 0 aliphatic heterocycles. The highest BCUT2D eigenvalue weighted by atomic mass is 16.5. The lowest BCUT2D eigenvalue weighted by molar-refractivity contribution is -0.123. The molecule has 2 heterocycles. The molecule has 27 heavy (non-hydrogen) atoms. The number of nitrogens with one attached hydrogen (secondary N) is 1. The summed E-state index contributed by atoms with van der Waals surface area (Å²) in [7, 11) is 0. The van der Waals surface area contributed by atoms with Crippen molar-refractivity contribution >= 4 is 27.6 Å². The molecule has 4 rings (SSSR count). The van der Waals surface area contributed by atoms with Gasteiger partial charge in [-0.05, 0) is 42.6 Å². The fourth-order valence-corrected chi connectivity index (χ4v) is 2.92. The number of carbonyl (C=O) groups excluding carboxylic acids is 1. The second kappa shape index (κ2) is 6.99. The van der Waals surface area contributed by atoms with Crippen LogP contribution in [0.3, 0.4) is 0 Å². The van der Waals surface area contributed by atoms with E-state index in [0.717, 1.165) is 16.5 Å². The number of fused-ring (bicyclic) bond motifs is 3. The fourth-order valence-electron chi connectivity index (χ4n) is 2.92. The van der Waals surface area contributed by atoms with Crippen LogP contribution in [0.1, 0.15) is 11.5 Å². The monoisotopic (exact) mass is 363 g/mol. The molecular formula is C21H17NO5. The molecule has 2 aromatic carbocycles. The third-order valence-corrected chi connectivity index (χ3v) is 4.22. The van der Waals surface area contributed by atoms with Crippen molar-refractivity contribution in [3.8, 4) is 5.75 Å². The minimum atomic E-state index is -0.401. The molecule has 0 radical (unpaired) electrons. The average molecular weight is 363 g/mol. The SMILES string of the molecule is Cc1ccc(CNC(=O)COc2ccc3c(c2)oc(=O)c2ccccc23)o1. The van der Waals surface area contributed by atoms with Crippen LogP contribution in [0.25, 0.3) is 21.7 Å². The molecule has 0 unspecified atom stereocenters. The first-order chi connectivity index (χ1) is 13.1. The van der Waals surface area contributed by atoms with E-state index in [1.54, 1.807) is 24.3 Å². The lowest BCUT2D eigenvalue weighted by atomic mass is 10.1. The van der Waals surface area contributed by atoms with Gasteiger partial charge in [-0.15, -0.1) is 0 Å². The highest BCUT2D eigenvalue weighted by Crippen LogP contribution is 2.26. The van der Waals surface area contributed by atoms with Gasteiger partial charge < -0.3 is 18.9 Å². The summed E-state index contributed by atoms with van der Waals surface area (Å²) >= 11 is 0. The Morgan fingerprint density at radius 1 is 1.00 bits per heavy atom. The number of carbonyl (C=O) groups is 1. The van der Waals surface area contributed by atoms with Gasteiger partial charge in [0.15, 0.2) is 6.61 Å². The van der Waals surface area contributed by atoms with E-state index in [-0.39, 0.29) is 12.5 Å². The molecule has 0 saturated carbocycles. The van der Waals surface area contributed by atoms with E-state index in [9.17, 15) is 9.59 Å². The van der Waals surface area contributed by atoms with Gasteiger partial charge in [0, 0.05) is 11.5 Å². The Morgan fingerprint density at radius 2 is 1.81 bits per heavy atom. The maximum Gasteiger partial charge on any atom is 0.344 e. The number of benzene rings is 2. The van der Waals surface area contributed by atoms with E-state index >= 15 is 0 Å². The molecule has 136 valence electrons. The largest absolute Gasteiger partial charge is 0.484 e. The van der Waals surface area contributed by atoms with Crippen LogP contribution in [0.5, 0.6) is 5.75 Å². The number of hydrogen-bond donors (Lipinski definition) is 1. The summed E-state index contributed by atoms with van der Waals surface area (Å²) in [6.45, 7) is 1.99. The standard InChI is InChI=1S/C21H17NO5/c1-13-6-7-15(26-13)11-22-20(23)12-25-14-8-9-17-16-4-2-3-5-18(16)21(24)27-19(17)10-14/h2-10H,11-12H2,1H3,(H,22,23). The van der Waals surface area contributed by atoms with Crippen LogP contribution >= 0.6 is 0 Å². The summed E-state index contributed by atoms with van der Waals surface area (Å²) in [5.41, 5.74) is 0.0180. The van der Waals surface area contributed by atoms with Gasteiger partial charge in [0.25, 0.3) is 5.91 Å². The van der Waals surface area contributed by atoms with Gasteiger partial charge in [0.2, 0.25) is 0 Å². The third-order valence-electron chi connectivity index (χ3n) is 4.22. The molecule has 0 saturated heterocycles. The summed E-state index contributed by atoms with van der Waals surface area (Å²) in [5, 5.41) is 4.89. The second-order valence-electron chi connectivity index (χ2n) is 6.17. The highest BCUT2D eigenvalue weighted by molar-refractivity contribution is 6.04. The van der Waals surface area contributed by atoms with Crippen LogP contribution < -0.4 is 15.7 Å². The van der Waals surface area contributed by atoms with Crippen molar-refractivity contribution < 1.29 is 18.4 Å². The predicted octanol–water partition coefficient (Wildman–Crippen LogP) is 3.54. The van der Waals surface area contributed by atoms with Crippen LogP contribution in [0.2, 0.25) is 0 Å². The van der Waals surface area contributed by atoms with E-state index in [1.165, 1.54) is 0 Å². The van der Waals surface area contributed by atoms with E-state index < -0.39 is 5.63 Å². The highest BCUT2D eigenvalue weighted by Gasteiger charge is 2.09. The van der Waals surface area contributed by atoms with Crippen molar-refractivity contribution in [3.63, 3.8) is 0 Å². The van der Waals surface area contributed by atoms with Gasteiger partial charge in [-0.25, -0.2) is 4.79 Å². The molecular weight excluding hydrogens is 346 g/mol. The summed E-state index contributed by atoms with van der Waals surface area (Å²) in [6.07, 6.45) is 0. The Kier molecular flexibility index (Phi) is 4.38. The first-order valence-corrected chi connectivity index (χ1v) is 8.50. The summed E-state index contributed by atoms with van der Waals surface area (Å²) < 4.78 is 16.3. The number of rotatable bonds is 5. The molecule has 6 heteroatoms. The van der Waals surface area contributed by atoms with E-state index in [0.29, 0.717) is 29.0 Å². The van der Waals surface area contributed by atoms with Crippen molar-refractivity contribution in [2.24, 2.45) is 0 Å². The van der Waals surface area contributed by atoms with Gasteiger partial charge in [0.1, 0.15) is 22.9 Å². The van der Waals surface area contributed by atoms with Crippen molar-refractivity contribution in [1.29, 1.82) is 0 Å². The summed E-state index contributed by atoms with van der Waals surface area (Å²) in [4.78, 5) is 24.0. The quantitative estimate of drug-likeness (QED) is 0.433. The molecule has 2 aromatic heterocycles. The number of ether oxygens (including phenoxy) is 1. The molecule has 1 N–H and O–H groups in total. The number of hydrogen-bond acceptors (Lipinski definition) is 5. The molecule has 0 fully saturated rings. The van der Waals surface area contributed by atoms with Gasteiger partial charge in [0.05, 0.1) is 11.9 Å². The molecule has 0 bridgehead atoms. The van der Waals surface area contributed by atoms with Crippen LogP contribution in [0, 0.1) is 6.92 Å². The average Bonchev–Trinajstić information content (AvgIpc) is 3.10. The zero-order valence-electron chi connectivity index (χ0n) is 14.7. The lowest BCUT2D eigenvalue weighted by Gasteiger charge is -2.08. The third kappa shape index (κ3) is 3.55. The lowest BCUT2D eigenvalue weighted by Crippen LogP contribution is -2.28. The van der Waals surface area contributed by atoms with Crippen molar-refractivity contribution in [3.05, 3.63) is 76.5 Å². The molecule has 4 aromatic rings. The van der Waals surface area contributed by atoms with E-state index in [1.807, 2.05) is 37.3 Å².